The SMILES string of the molecule is CN(Cc1ccc(OCC(=O)O)cc1)C(=O)c1cccc(N2CCCC2=O)c1. The molecule has 1 aliphatic rings. The molecule has 3 rings (SSSR count). The van der Waals surface area contributed by atoms with Crippen molar-refractivity contribution in [1.82, 2.24) is 4.90 Å². The zero-order chi connectivity index (χ0) is 20.1. The number of carboxylic acid groups (broad SMARTS) is 1. The van der Waals surface area contributed by atoms with E-state index in [1.807, 2.05) is 6.07 Å². The first-order chi connectivity index (χ1) is 13.4. The van der Waals surface area contributed by atoms with Crippen LogP contribution in [-0.2, 0) is 16.1 Å². The van der Waals surface area contributed by atoms with E-state index in [2.05, 4.69) is 0 Å². The smallest absolute Gasteiger partial charge is 0.341 e. The summed E-state index contributed by atoms with van der Waals surface area (Å²) in [6.45, 7) is 0.682. The predicted octanol–water partition coefficient (Wildman–Crippen LogP) is 2.55. The fourth-order valence-electron chi connectivity index (χ4n) is 3.13. The van der Waals surface area contributed by atoms with Crippen molar-refractivity contribution in [3.63, 3.8) is 0 Å². The van der Waals surface area contributed by atoms with E-state index in [0.717, 1.165) is 17.7 Å². The van der Waals surface area contributed by atoms with E-state index >= 15 is 0 Å². The quantitative estimate of drug-likeness (QED) is 0.795. The highest BCUT2D eigenvalue weighted by molar-refractivity contribution is 5.99. The van der Waals surface area contributed by atoms with Gasteiger partial charge in [0.25, 0.3) is 5.91 Å². The Morgan fingerprint density at radius 2 is 1.93 bits per heavy atom. The van der Waals surface area contributed by atoms with E-state index < -0.39 is 12.6 Å². The lowest BCUT2D eigenvalue weighted by atomic mass is 10.1. The van der Waals surface area contributed by atoms with E-state index in [1.165, 1.54) is 0 Å². The molecule has 2 amide bonds. The lowest BCUT2D eigenvalue weighted by Crippen LogP contribution is -2.27. The molecule has 0 aliphatic carbocycles. The molecule has 7 nitrogen and oxygen atoms in total. The normalized spacial score (nSPS) is 13.5. The Balaban J connectivity index is 1.64. The number of aliphatic carboxylic acids is 1. The maximum atomic E-state index is 12.8. The van der Waals surface area contributed by atoms with Gasteiger partial charge in [0.1, 0.15) is 5.75 Å². The zero-order valence-corrected chi connectivity index (χ0v) is 15.6. The van der Waals surface area contributed by atoms with E-state index in [4.69, 9.17) is 9.84 Å². The van der Waals surface area contributed by atoms with Gasteiger partial charge in [0, 0.05) is 37.8 Å². The van der Waals surface area contributed by atoms with Crippen LogP contribution in [0.1, 0.15) is 28.8 Å². The number of carboxylic acids is 1. The van der Waals surface area contributed by atoms with Crippen molar-refractivity contribution < 1.29 is 24.2 Å². The number of ether oxygens (including phenoxy) is 1. The third-order valence-electron chi connectivity index (χ3n) is 4.53. The Bertz CT molecular complexity index is 879. The van der Waals surface area contributed by atoms with Gasteiger partial charge in [-0.25, -0.2) is 4.79 Å². The zero-order valence-electron chi connectivity index (χ0n) is 15.6. The van der Waals surface area contributed by atoms with E-state index in [0.29, 0.717) is 30.8 Å². The molecule has 0 aromatic heterocycles. The summed E-state index contributed by atoms with van der Waals surface area (Å²) in [6.07, 6.45) is 1.38. The molecule has 7 heteroatoms. The number of carbonyl (C=O) groups excluding carboxylic acids is 2. The fraction of sp³-hybridized carbons (Fsp3) is 0.286. The monoisotopic (exact) mass is 382 g/mol. The van der Waals surface area contributed by atoms with Gasteiger partial charge in [-0.2, -0.15) is 0 Å². The molecule has 1 aliphatic heterocycles. The molecular weight excluding hydrogens is 360 g/mol. The number of nitrogens with zero attached hydrogens (tertiary/aromatic N) is 2. The standard InChI is InChI=1S/C21H22N2O5/c1-22(13-15-7-9-18(10-8-15)28-14-20(25)26)21(27)16-4-2-5-17(12-16)23-11-3-6-19(23)24/h2,4-5,7-10,12H,3,6,11,13-14H2,1H3,(H,25,26). The number of rotatable bonds is 7. The average Bonchev–Trinajstić information content (AvgIpc) is 3.13. The second-order valence-corrected chi connectivity index (χ2v) is 6.69. The summed E-state index contributed by atoms with van der Waals surface area (Å²) in [5.41, 5.74) is 2.17. The number of hydrogen-bond acceptors (Lipinski definition) is 4. The van der Waals surface area contributed by atoms with Crippen LogP contribution in [0, 0.1) is 0 Å². The first-order valence-electron chi connectivity index (χ1n) is 9.03. The second kappa shape index (κ2) is 8.56. The molecule has 0 radical (unpaired) electrons. The Labute approximate surface area is 163 Å². The van der Waals surface area contributed by atoms with Crippen LogP contribution in [0.2, 0.25) is 0 Å². The second-order valence-electron chi connectivity index (χ2n) is 6.69. The lowest BCUT2D eigenvalue weighted by molar-refractivity contribution is -0.139. The van der Waals surface area contributed by atoms with Crippen molar-refractivity contribution in [3.05, 3.63) is 59.7 Å². The summed E-state index contributed by atoms with van der Waals surface area (Å²) in [4.78, 5) is 38.5. The van der Waals surface area contributed by atoms with Crippen LogP contribution >= 0.6 is 0 Å². The van der Waals surface area contributed by atoms with Gasteiger partial charge in [-0.05, 0) is 42.3 Å². The predicted molar refractivity (Wildman–Crippen MR) is 103 cm³/mol. The molecule has 1 N–H and O–H groups in total. The summed E-state index contributed by atoms with van der Waals surface area (Å²) in [7, 11) is 1.71. The summed E-state index contributed by atoms with van der Waals surface area (Å²) in [5, 5.41) is 8.63. The highest BCUT2D eigenvalue weighted by atomic mass is 16.5. The average molecular weight is 382 g/mol. The third kappa shape index (κ3) is 4.68. The number of anilines is 1. The summed E-state index contributed by atoms with van der Waals surface area (Å²) in [5.74, 6) is -0.627. The van der Waals surface area contributed by atoms with Crippen LogP contribution in [0.4, 0.5) is 5.69 Å². The summed E-state index contributed by atoms with van der Waals surface area (Å²) >= 11 is 0. The number of amides is 2. The van der Waals surface area contributed by atoms with Gasteiger partial charge in [0.2, 0.25) is 5.91 Å². The first kappa shape index (κ1) is 19.4. The third-order valence-corrected chi connectivity index (χ3v) is 4.53. The van der Waals surface area contributed by atoms with Gasteiger partial charge in [-0.3, -0.25) is 9.59 Å². The molecule has 1 fully saturated rings. The number of benzene rings is 2. The maximum Gasteiger partial charge on any atom is 0.341 e. The molecule has 0 bridgehead atoms. The molecular formula is C21H22N2O5. The van der Waals surface area contributed by atoms with Crippen LogP contribution in [0.5, 0.6) is 5.75 Å². The molecule has 0 spiro atoms. The fourth-order valence-corrected chi connectivity index (χ4v) is 3.13. The van der Waals surface area contributed by atoms with Crippen LogP contribution in [0.3, 0.4) is 0 Å². The molecule has 0 unspecified atom stereocenters. The van der Waals surface area contributed by atoms with Crippen molar-refractivity contribution >= 4 is 23.5 Å². The van der Waals surface area contributed by atoms with Gasteiger partial charge in [-0.1, -0.05) is 18.2 Å². The molecule has 0 saturated carbocycles. The van der Waals surface area contributed by atoms with E-state index in [-0.39, 0.29) is 11.8 Å². The van der Waals surface area contributed by atoms with Gasteiger partial charge in [0.05, 0.1) is 0 Å². The molecule has 2 aromatic rings. The topological polar surface area (TPSA) is 87.2 Å². The van der Waals surface area contributed by atoms with Crippen molar-refractivity contribution in [2.45, 2.75) is 19.4 Å². The van der Waals surface area contributed by atoms with E-state index in [1.54, 1.807) is 59.3 Å². The summed E-state index contributed by atoms with van der Waals surface area (Å²) in [6, 6.07) is 14.1. The molecule has 1 saturated heterocycles. The van der Waals surface area contributed by atoms with E-state index in [9.17, 15) is 14.4 Å². The minimum Gasteiger partial charge on any atom is -0.482 e. The first-order valence-corrected chi connectivity index (χ1v) is 9.03. The van der Waals surface area contributed by atoms with Crippen LogP contribution in [0.15, 0.2) is 48.5 Å². The Kier molecular flexibility index (Phi) is 5.93. The highest BCUT2D eigenvalue weighted by Crippen LogP contribution is 2.23. The molecule has 146 valence electrons. The maximum absolute atomic E-state index is 12.8. The minimum absolute atomic E-state index is 0.0863. The van der Waals surface area contributed by atoms with Crippen LogP contribution in [-0.4, -0.2) is 48.0 Å². The minimum atomic E-state index is -1.03. The Morgan fingerprint density at radius 1 is 1.18 bits per heavy atom. The van der Waals surface area contributed by atoms with Crippen molar-refractivity contribution in [2.75, 3.05) is 25.1 Å². The molecule has 0 atom stereocenters. The van der Waals surface area contributed by atoms with Gasteiger partial charge in [0.15, 0.2) is 6.61 Å². The van der Waals surface area contributed by atoms with Crippen molar-refractivity contribution in [3.8, 4) is 5.75 Å². The number of carbonyl (C=O) groups is 3. The lowest BCUT2D eigenvalue weighted by Gasteiger charge is -2.20. The van der Waals surface area contributed by atoms with Gasteiger partial charge >= 0.3 is 5.97 Å². The van der Waals surface area contributed by atoms with Crippen LogP contribution < -0.4 is 9.64 Å². The van der Waals surface area contributed by atoms with Crippen molar-refractivity contribution in [1.29, 1.82) is 0 Å². The summed E-state index contributed by atoms with van der Waals surface area (Å²) < 4.78 is 5.10. The Hall–Kier alpha value is -3.35. The molecule has 28 heavy (non-hydrogen) atoms. The Morgan fingerprint density at radius 3 is 2.57 bits per heavy atom. The number of hydrogen-bond donors (Lipinski definition) is 1. The van der Waals surface area contributed by atoms with Crippen molar-refractivity contribution in [2.24, 2.45) is 0 Å². The van der Waals surface area contributed by atoms with Gasteiger partial charge < -0.3 is 19.6 Å². The molecule has 2 aromatic carbocycles. The van der Waals surface area contributed by atoms with Gasteiger partial charge in [-0.15, -0.1) is 0 Å². The highest BCUT2D eigenvalue weighted by Gasteiger charge is 2.22. The largest absolute Gasteiger partial charge is 0.482 e. The van der Waals surface area contributed by atoms with Crippen LogP contribution in [0.25, 0.3) is 0 Å². The molecule has 1 heterocycles.